The van der Waals surface area contributed by atoms with Crippen molar-refractivity contribution in [1.29, 1.82) is 0 Å². The molecule has 92 valence electrons. The van der Waals surface area contributed by atoms with E-state index in [2.05, 4.69) is 4.72 Å². The number of sulfonamides is 1. The quantitative estimate of drug-likeness (QED) is 0.880. The third-order valence-electron chi connectivity index (χ3n) is 2.43. The fraction of sp³-hybridized carbons (Fsp3) is 0.300. The van der Waals surface area contributed by atoms with Gasteiger partial charge in [0, 0.05) is 5.02 Å². The maximum absolute atomic E-state index is 11.7. The maximum atomic E-state index is 11.7. The predicted octanol–water partition coefficient (Wildman–Crippen LogP) is 1.94. The minimum absolute atomic E-state index is 0.0498. The number of benzene rings is 1. The normalized spacial score (nSPS) is 15.6. The molecule has 0 bridgehead atoms. The lowest BCUT2D eigenvalue weighted by molar-refractivity contribution is 0.0698. The molecule has 1 fully saturated rings. The molecule has 1 aromatic carbocycles. The summed E-state index contributed by atoms with van der Waals surface area (Å²) >= 11 is 5.67. The lowest BCUT2D eigenvalue weighted by atomic mass is 10.2. The van der Waals surface area contributed by atoms with Crippen LogP contribution in [0.4, 0.5) is 5.69 Å². The van der Waals surface area contributed by atoms with Crippen molar-refractivity contribution in [2.75, 3.05) is 4.72 Å². The second-order valence-electron chi connectivity index (χ2n) is 3.84. The third-order valence-corrected chi connectivity index (χ3v) is 4.52. The summed E-state index contributed by atoms with van der Waals surface area (Å²) in [6, 6.07) is 4.01. The molecule has 0 spiro atoms. The van der Waals surface area contributed by atoms with Crippen LogP contribution in [0.3, 0.4) is 0 Å². The van der Waals surface area contributed by atoms with E-state index in [1.807, 2.05) is 0 Å². The molecule has 0 unspecified atom stereocenters. The first kappa shape index (κ1) is 12.2. The van der Waals surface area contributed by atoms with E-state index in [9.17, 15) is 13.2 Å². The predicted molar refractivity (Wildman–Crippen MR) is 64.0 cm³/mol. The third kappa shape index (κ3) is 2.70. The van der Waals surface area contributed by atoms with Crippen LogP contribution in [0.25, 0.3) is 0 Å². The van der Waals surface area contributed by atoms with Crippen molar-refractivity contribution in [3.05, 3.63) is 28.8 Å². The van der Waals surface area contributed by atoms with Crippen LogP contribution in [0.5, 0.6) is 0 Å². The minimum Gasteiger partial charge on any atom is -0.478 e. The van der Waals surface area contributed by atoms with Gasteiger partial charge in [0.2, 0.25) is 10.0 Å². The second kappa shape index (κ2) is 4.19. The minimum atomic E-state index is -3.47. The first-order valence-corrected chi connectivity index (χ1v) is 6.87. The van der Waals surface area contributed by atoms with Gasteiger partial charge in [-0.3, -0.25) is 4.72 Å². The first-order chi connectivity index (χ1) is 7.90. The zero-order valence-electron chi connectivity index (χ0n) is 8.68. The van der Waals surface area contributed by atoms with E-state index < -0.39 is 21.2 Å². The number of rotatable bonds is 4. The van der Waals surface area contributed by atoms with Gasteiger partial charge in [-0.05, 0) is 31.0 Å². The Morgan fingerprint density at radius 3 is 2.59 bits per heavy atom. The standard InChI is InChI=1S/C10H10ClNO4S/c11-6-1-4-9(8(5-6)10(13)14)12-17(15,16)7-2-3-7/h1,4-5,7,12H,2-3H2,(H,13,14). The lowest BCUT2D eigenvalue weighted by Gasteiger charge is -2.09. The van der Waals surface area contributed by atoms with Gasteiger partial charge in [0.25, 0.3) is 0 Å². The Morgan fingerprint density at radius 2 is 2.06 bits per heavy atom. The monoisotopic (exact) mass is 275 g/mol. The molecule has 0 atom stereocenters. The first-order valence-electron chi connectivity index (χ1n) is 4.94. The molecule has 7 heteroatoms. The Hall–Kier alpha value is -1.27. The van der Waals surface area contributed by atoms with E-state index in [0.717, 1.165) is 0 Å². The number of anilines is 1. The van der Waals surface area contributed by atoms with E-state index in [1.54, 1.807) is 0 Å². The number of carboxylic acid groups (broad SMARTS) is 1. The molecule has 2 N–H and O–H groups in total. The van der Waals surface area contributed by atoms with Crippen molar-refractivity contribution < 1.29 is 18.3 Å². The number of carboxylic acids is 1. The van der Waals surface area contributed by atoms with Crippen LogP contribution in [0.15, 0.2) is 18.2 Å². The van der Waals surface area contributed by atoms with Gasteiger partial charge in [-0.15, -0.1) is 0 Å². The van der Waals surface area contributed by atoms with Crippen molar-refractivity contribution in [3.63, 3.8) is 0 Å². The van der Waals surface area contributed by atoms with Gasteiger partial charge in [0.1, 0.15) is 0 Å². The fourth-order valence-corrected chi connectivity index (χ4v) is 2.98. The Morgan fingerprint density at radius 1 is 1.41 bits per heavy atom. The summed E-state index contributed by atoms with van der Waals surface area (Å²) in [6.07, 6.45) is 1.23. The maximum Gasteiger partial charge on any atom is 0.337 e. The van der Waals surface area contributed by atoms with Gasteiger partial charge in [0.05, 0.1) is 16.5 Å². The van der Waals surface area contributed by atoms with Crippen LogP contribution in [-0.2, 0) is 10.0 Å². The van der Waals surface area contributed by atoms with Crippen molar-refractivity contribution in [1.82, 2.24) is 0 Å². The molecule has 0 saturated heterocycles. The van der Waals surface area contributed by atoms with Crippen LogP contribution in [0.1, 0.15) is 23.2 Å². The topological polar surface area (TPSA) is 83.5 Å². The number of hydrogen-bond donors (Lipinski definition) is 2. The molecule has 1 aromatic rings. The average molecular weight is 276 g/mol. The van der Waals surface area contributed by atoms with E-state index in [0.29, 0.717) is 12.8 Å². The second-order valence-corrected chi connectivity index (χ2v) is 6.24. The largest absolute Gasteiger partial charge is 0.478 e. The molecule has 1 aliphatic rings. The highest BCUT2D eigenvalue weighted by Crippen LogP contribution is 2.31. The van der Waals surface area contributed by atoms with Crippen molar-refractivity contribution >= 4 is 33.3 Å². The number of carbonyl (C=O) groups is 1. The molecular weight excluding hydrogens is 266 g/mol. The molecule has 0 radical (unpaired) electrons. The summed E-state index contributed by atoms with van der Waals surface area (Å²) in [5.41, 5.74) is -0.101. The Balaban J connectivity index is 2.35. The molecule has 1 aliphatic carbocycles. The molecule has 0 amide bonds. The van der Waals surface area contributed by atoms with Crippen molar-refractivity contribution in [3.8, 4) is 0 Å². The Labute approximate surface area is 103 Å². The van der Waals surface area contributed by atoms with Gasteiger partial charge in [0.15, 0.2) is 0 Å². The summed E-state index contributed by atoms with van der Waals surface area (Å²) in [6.45, 7) is 0. The van der Waals surface area contributed by atoms with Crippen LogP contribution in [0, 0.1) is 0 Å². The fourth-order valence-electron chi connectivity index (χ4n) is 1.40. The summed E-state index contributed by atoms with van der Waals surface area (Å²) < 4.78 is 25.7. The number of aromatic carboxylic acids is 1. The molecule has 0 heterocycles. The van der Waals surface area contributed by atoms with Gasteiger partial charge in [-0.2, -0.15) is 0 Å². The van der Waals surface area contributed by atoms with Crippen LogP contribution >= 0.6 is 11.6 Å². The number of halogens is 1. The molecule has 17 heavy (non-hydrogen) atoms. The zero-order valence-corrected chi connectivity index (χ0v) is 10.3. The van der Waals surface area contributed by atoms with Crippen LogP contribution in [0.2, 0.25) is 5.02 Å². The Kier molecular flexibility index (Phi) is 3.01. The van der Waals surface area contributed by atoms with Gasteiger partial charge in [-0.25, -0.2) is 13.2 Å². The highest BCUT2D eigenvalue weighted by molar-refractivity contribution is 7.93. The van der Waals surface area contributed by atoms with Gasteiger partial charge >= 0.3 is 5.97 Å². The molecule has 1 saturated carbocycles. The van der Waals surface area contributed by atoms with Crippen molar-refractivity contribution in [2.24, 2.45) is 0 Å². The molecule has 0 aromatic heterocycles. The summed E-state index contributed by atoms with van der Waals surface area (Å²) in [5, 5.41) is 8.79. The summed E-state index contributed by atoms with van der Waals surface area (Å²) in [5.74, 6) is -1.22. The number of hydrogen-bond acceptors (Lipinski definition) is 3. The average Bonchev–Trinajstić information content (AvgIpc) is 3.03. The van der Waals surface area contributed by atoms with Crippen molar-refractivity contribution in [2.45, 2.75) is 18.1 Å². The summed E-state index contributed by atoms with van der Waals surface area (Å²) in [4.78, 5) is 11.0. The molecule has 2 rings (SSSR count). The van der Waals surface area contributed by atoms with Crippen LogP contribution < -0.4 is 4.72 Å². The van der Waals surface area contributed by atoms with Gasteiger partial charge in [-0.1, -0.05) is 11.6 Å². The van der Waals surface area contributed by atoms with Gasteiger partial charge < -0.3 is 5.11 Å². The Bertz CT molecular complexity index is 566. The van der Waals surface area contributed by atoms with E-state index in [1.165, 1.54) is 18.2 Å². The van der Waals surface area contributed by atoms with E-state index >= 15 is 0 Å². The van der Waals surface area contributed by atoms with E-state index in [-0.39, 0.29) is 16.3 Å². The highest BCUT2D eigenvalue weighted by Gasteiger charge is 2.36. The lowest BCUT2D eigenvalue weighted by Crippen LogP contribution is -2.19. The zero-order chi connectivity index (χ0) is 12.6. The SMILES string of the molecule is O=C(O)c1cc(Cl)ccc1NS(=O)(=O)C1CC1. The molecular formula is C10H10ClNO4S. The van der Waals surface area contributed by atoms with E-state index in [4.69, 9.17) is 16.7 Å². The summed E-state index contributed by atoms with van der Waals surface area (Å²) in [7, 11) is -3.47. The highest BCUT2D eigenvalue weighted by atomic mass is 35.5. The smallest absolute Gasteiger partial charge is 0.337 e. The molecule has 0 aliphatic heterocycles. The van der Waals surface area contributed by atoms with Crippen LogP contribution in [-0.4, -0.2) is 24.7 Å². The molecule has 5 nitrogen and oxygen atoms in total. The number of nitrogens with one attached hydrogen (secondary N) is 1.